The molecule has 0 atom stereocenters. The summed E-state index contributed by atoms with van der Waals surface area (Å²) in [5.41, 5.74) is 4.69. The van der Waals surface area contributed by atoms with Crippen LogP contribution >= 0.6 is 11.3 Å². The Morgan fingerprint density at radius 3 is 1.69 bits per heavy atom. The molecule has 0 saturated carbocycles. The van der Waals surface area contributed by atoms with Crippen LogP contribution in [0, 0.1) is 0 Å². The summed E-state index contributed by atoms with van der Waals surface area (Å²) in [7, 11) is 0. The van der Waals surface area contributed by atoms with Crippen molar-refractivity contribution in [3.63, 3.8) is 0 Å². The van der Waals surface area contributed by atoms with Crippen LogP contribution in [0.2, 0.25) is 0 Å². The average molecular weight is 643 g/mol. The maximum absolute atomic E-state index is 4.91. The van der Waals surface area contributed by atoms with Crippen LogP contribution in [0.1, 0.15) is 0 Å². The highest BCUT2D eigenvalue weighted by molar-refractivity contribution is 7.26. The first kappa shape index (κ1) is 27.8. The summed E-state index contributed by atoms with van der Waals surface area (Å²) in [4.78, 5) is 19.5. The van der Waals surface area contributed by atoms with E-state index in [9.17, 15) is 0 Å². The van der Waals surface area contributed by atoms with Gasteiger partial charge in [0, 0.05) is 54.0 Å². The first-order valence-corrected chi connectivity index (χ1v) is 17.1. The molecule has 10 aromatic rings. The minimum absolute atomic E-state index is 0.594. The van der Waals surface area contributed by atoms with E-state index in [1.54, 1.807) is 0 Å². The minimum Gasteiger partial charge on any atom is -0.255 e. The predicted octanol–water partition coefficient (Wildman–Crippen LogP) is 11.8. The van der Waals surface area contributed by atoms with Crippen molar-refractivity contribution < 1.29 is 0 Å². The van der Waals surface area contributed by atoms with Crippen molar-refractivity contribution in [3.8, 4) is 45.4 Å². The largest absolute Gasteiger partial charge is 0.255 e. The fraction of sp³-hybridized carbons (Fsp3) is 0. The van der Waals surface area contributed by atoms with Crippen molar-refractivity contribution >= 4 is 63.8 Å². The van der Waals surface area contributed by atoms with E-state index in [0.29, 0.717) is 17.5 Å². The van der Waals surface area contributed by atoms with Crippen molar-refractivity contribution in [1.29, 1.82) is 0 Å². The van der Waals surface area contributed by atoms with Gasteiger partial charge in [-0.2, -0.15) is 0 Å². The fourth-order valence-corrected chi connectivity index (χ4v) is 8.18. The normalized spacial score (nSPS) is 11.7. The van der Waals surface area contributed by atoms with E-state index in [0.717, 1.165) is 27.9 Å². The van der Waals surface area contributed by atoms with Crippen LogP contribution in [-0.2, 0) is 0 Å². The lowest BCUT2D eigenvalue weighted by Gasteiger charge is -2.11. The topological polar surface area (TPSA) is 51.6 Å². The van der Waals surface area contributed by atoms with E-state index < -0.39 is 0 Å². The maximum Gasteiger partial charge on any atom is 0.165 e. The Balaban J connectivity index is 1.06. The molecular formula is C44H26N4S. The van der Waals surface area contributed by atoms with Crippen molar-refractivity contribution in [2.24, 2.45) is 0 Å². The van der Waals surface area contributed by atoms with Crippen LogP contribution in [0.15, 0.2) is 158 Å². The van der Waals surface area contributed by atoms with Crippen LogP contribution in [-0.4, -0.2) is 19.9 Å². The molecule has 0 radical (unpaired) electrons. The number of rotatable bonds is 4. The molecule has 7 aromatic carbocycles. The zero-order valence-electron chi connectivity index (χ0n) is 26.2. The molecule has 0 saturated heterocycles. The van der Waals surface area contributed by atoms with Gasteiger partial charge >= 0.3 is 0 Å². The summed E-state index contributed by atoms with van der Waals surface area (Å²) in [5.74, 6) is 1.86. The van der Waals surface area contributed by atoms with Gasteiger partial charge < -0.3 is 0 Å². The van der Waals surface area contributed by atoms with Gasteiger partial charge in [0.2, 0.25) is 0 Å². The Morgan fingerprint density at radius 2 is 0.959 bits per heavy atom. The molecule has 49 heavy (non-hydrogen) atoms. The van der Waals surface area contributed by atoms with E-state index in [4.69, 9.17) is 19.9 Å². The van der Waals surface area contributed by atoms with Gasteiger partial charge in [-0.15, -0.1) is 11.3 Å². The molecule has 0 aliphatic heterocycles. The summed E-state index contributed by atoms with van der Waals surface area (Å²) in [6.07, 6.45) is 1.86. The highest BCUT2D eigenvalue weighted by atomic mass is 32.1. The van der Waals surface area contributed by atoms with E-state index in [1.807, 2.05) is 78.2 Å². The van der Waals surface area contributed by atoms with E-state index in [-0.39, 0.29) is 0 Å². The number of fused-ring (bicyclic) bond motifs is 9. The van der Waals surface area contributed by atoms with Gasteiger partial charge in [0.25, 0.3) is 0 Å². The van der Waals surface area contributed by atoms with Gasteiger partial charge in [0.15, 0.2) is 17.5 Å². The smallest absolute Gasteiger partial charge is 0.165 e. The number of nitrogens with zero attached hydrogens (tertiary/aromatic N) is 4. The molecule has 0 amide bonds. The van der Waals surface area contributed by atoms with Crippen molar-refractivity contribution in [1.82, 2.24) is 19.9 Å². The van der Waals surface area contributed by atoms with Gasteiger partial charge in [-0.1, -0.05) is 127 Å². The van der Waals surface area contributed by atoms with E-state index in [1.165, 1.54) is 52.5 Å². The third-order valence-electron chi connectivity index (χ3n) is 9.35. The standard InChI is InChI=1S/C44H26N4S/c1-3-9-28(10-4-1)42-46-43(29-11-5-2-6-12-29)48-44(47-42)32-19-24-38(45-26-32)31-18-20-33-30(25-31)16-15-27-17-21-37-35(40(27)33)22-23-36-34-13-7-8-14-39(34)49-41(36)37/h1-26H. The highest BCUT2D eigenvalue weighted by Gasteiger charge is 2.15. The number of benzene rings is 7. The lowest BCUT2D eigenvalue weighted by atomic mass is 9.94. The van der Waals surface area contributed by atoms with Gasteiger partial charge in [0.05, 0.1) is 5.69 Å². The highest BCUT2D eigenvalue weighted by Crippen LogP contribution is 2.42. The molecule has 0 aliphatic carbocycles. The first-order chi connectivity index (χ1) is 24.3. The molecule has 0 spiro atoms. The zero-order valence-corrected chi connectivity index (χ0v) is 27.0. The number of hydrogen-bond donors (Lipinski definition) is 0. The molecule has 0 aliphatic rings. The predicted molar refractivity (Wildman–Crippen MR) is 205 cm³/mol. The SMILES string of the molecule is c1ccc(-c2nc(-c3ccccc3)nc(-c3ccc(-c4ccc5c(ccc6ccc7c(ccc8c9ccccc9sc87)c65)c4)nc3)n2)cc1. The molecule has 4 nitrogen and oxygen atoms in total. The van der Waals surface area contributed by atoms with Crippen LogP contribution in [0.5, 0.6) is 0 Å². The number of thiophene rings is 1. The summed E-state index contributed by atoms with van der Waals surface area (Å²) in [5, 5.41) is 10.2. The molecule has 228 valence electrons. The van der Waals surface area contributed by atoms with E-state index >= 15 is 0 Å². The van der Waals surface area contributed by atoms with Crippen LogP contribution in [0.3, 0.4) is 0 Å². The molecule has 0 N–H and O–H groups in total. The quantitative estimate of drug-likeness (QED) is 0.179. The Hall–Kier alpha value is -6.30. The second-order valence-electron chi connectivity index (χ2n) is 12.3. The molecule has 0 bridgehead atoms. The molecule has 0 unspecified atom stereocenters. The number of pyridine rings is 1. The molecular weight excluding hydrogens is 617 g/mol. The average Bonchev–Trinajstić information content (AvgIpc) is 3.57. The van der Waals surface area contributed by atoms with Crippen molar-refractivity contribution in [2.45, 2.75) is 0 Å². The monoisotopic (exact) mass is 642 g/mol. The Bertz CT molecular complexity index is 2800. The number of aromatic nitrogens is 4. The van der Waals surface area contributed by atoms with Gasteiger partial charge in [-0.25, -0.2) is 15.0 Å². The third kappa shape index (κ3) is 4.66. The maximum atomic E-state index is 4.91. The van der Waals surface area contributed by atoms with Crippen LogP contribution in [0.25, 0.3) is 97.9 Å². The molecule has 10 rings (SSSR count). The van der Waals surface area contributed by atoms with Gasteiger partial charge in [-0.3, -0.25) is 4.98 Å². The summed E-state index contributed by atoms with van der Waals surface area (Å²) >= 11 is 1.88. The molecule has 3 aromatic heterocycles. The Labute approximate surface area is 286 Å². The molecule has 3 heterocycles. The van der Waals surface area contributed by atoms with Crippen LogP contribution < -0.4 is 0 Å². The summed E-state index contributed by atoms with van der Waals surface area (Å²) < 4.78 is 2.68. The summed E-state index contributed by atoms with van der Waals surface area (Å²) in [6, 6.07) is 53.2. The second kappa shape index (κ2) is 11.2. The van der Waals surface area contributed by atoms with Gasteiger partial charge in [0.1, 0.15) is 0 Å². The summed E-state index contributed by atoms with van der Waals surface area (Å²) in [6.45, 7) is 0. The van der Waals surface area contributed by atoms with Crippen molar-refractivity contribution in [2.75, 3.05) is 0 Å². The lowest BCUT2D eigenvalue weighted by Crippen LogP contribution is -2.00. The fourth-order valence-electron chi connectivity index (χ4n) is 6.95. The van der Waals surface area contributed by atoms with Crippen LogP contribution in [0.4, 0.5) is 0 Å². The lowest BCUT2D eigenvalue weighted by molar-refractivity contribution is 1.07. The molecule has 0 fully saturated rings. The second-order valence-corrected chi connectivity index (χ2v) is 13.3. The number of hydrogen-bond acceptors (Lipinski definition) is 5. The Morgan fingerprint density at radius 1 is 0.388 bits per heavy atom. The Kier molecular flexibility index (Phi) is 6.32. The van der Waals surface area contributed by atoms with Gasteiger partial charge in [-0.05, 0) is 51.2 Å². The third-order valence-corrected chi connectivity index (χ3v) is 10.6. The zero-order chi connectivity index (χ0) is 32.3. The van der Waals surface area contributed by atoms with E-state index in [2.05, 4.69) is 91.0 Å². The minimum atomic E-state index is 0.594. The molecule has 5 heteroatoms. The first-order valence-electron chi connectivity index (χ1n) is 16.3. The van der Waals surface area contributed by atoms with Crippen molar-refractivity contribution in [3.05, 3.63) is 158 Å².